The van der Waals surface area contributed by atoms with Crippen LogP contribution in [-0.4, -0.2) is 26.0 Å². The van der Waals surface area contributed by atoms with E-state index in [1.807, 2.05) is 0 Å². The van der Waals surface area contributed by atoms with Crippen molar-refractivity contribution in [1.82, 2.24) is 15.0 Å². The first-order chi connectivity index (χ1) is 8.59. The summed E-state index contributed by atoms with van der Waals surface area (Å²) >= 11 is 0. The zero-order valence-electron chi connectivity index (χ0n) is 9.74. The van der Waals surface area contributed by atoms with Crippen molar-refractivity contribution in [1.29, 1.82) is 0 Å². The third-order valence-electron chi connectivity index (χ3n) is 2.41. The van der Waals surface area contributed by atoms with Gasteiger partial charge in [0.15, 0.2) is 0 Å². The maximum absolute atomic E-state index is 10.7. The van der Waals surface area contributed by atoms with Crippen LogP contribution in [-0.2, 0) is 0 Å². The molecule has 0 radical (unpaired) electrons. The summed E-state index contributed by atoms with van der Waals surface area (Å²) in [6, 6.07) is 2.80. The molecule has 0 bridgehead atoms. The van der Waals surface area contributed by atoms with Crippen LogP contribution >= 0.6 is 0 Å². The SMILES string of the molecule is C[C@@H](N)c1nccnc1-c1ccc(C(=O)O)cn1. The number of aromatic carboxylic acids is 1. The largest absolute Gasteiger partial charge is 0.478 e. The zero-order chi connectivity index (χ0) is 13.1. The molecule has 0 aliphatic rings. The number of nitrogens with zero attached hydrogens (tertiary/aromatic N) is 3. The van der Waals surface area contributed by atoms with Crippen molar-refractivity contribution in [2.75, 3.05) is 0 Å². The molecule has 18 heavy (non-hydrogen) atoms. The summed E-state index contributed by atoms with van der Waals surface area (Å²) in [7, 11) is 0. The molecule has 6 heteroatoms. The molecule has 0 fully saturated rings. The molecular weight excluding hydrogens is 232 g/mol. The van der Waals surface area contributed by atoms with Crippen molar-refractivity contribution in [3.63, 3.8) is 0 Å². The van der Waals surface area contributed by atoms with Crippen LogP contribution in [0.15, 0.2) is 30.7 Å². The third-order valence-corrected chi connectivity index (χ3v) is 2.41. The highest BCUT2D eigenvalue weighted by atomic mass is 16.4. The Bertz CT molecular complexity index is 567. The average Bonchev–Trinajstić information content (AvgIpc) is 2.39. The van der Waals surface area contributed by atoms with Gasteiger partial charge in [-0.15, -0.1) is 0 Å². The highest BCUT2D eigenvalue weighted by molar-refractivity contribution is 5.87. The maximum atomic E-state index is 10.7. The molecule has 1 atom stereocenters. The Kier molecular flexibility index (Phi) is 3.29. The van der Waals surface area contributed by atoms with Gasteiger partial charge in [-0.25, -0.2) is 4.79 Å². The second-order valence-corrected chi connectivity index (χ2v) is 3.82. The number of carboxylic acid groups (broad SMARTS) is 1. The standard InChI is InChI=1S/C12H12N4O2/c1-7(13)10-11(15-5-4-14-10)9-3-2-8(6-16-9)12(17)18/h2-7H,13H2,1H3,(H,17,18)/t7-/m1/s1. The second-order valence-electron chi connectivity index (χ2n) is 3.82. The van der Waals surface area contributed by atoms with E-state index in [-0.39, 0.29) is 11.6 Å². The number of hydrogen-bond acceptors (Lipinski definition) is 5. The fraction of sp³-hybridized carbons (Fsp3) is 0.167. The number of nitrogens with two attached hydrogens (primary N) is 1. The van der Waals surface area contributed by atoms with Crippen LogP contribution in [0.2, 0.25) is 0 Å². The molecule has 92 valence electrons. The molecule has 6 nitrogen and oxygen atoms in total. The molecule has 0 amide bonds. The molecule has 0 aliphatic carbocycles. The fourth-order valence-electron chi connectivity index (χ4n) is 1.54. The molecule has 0 aliphatic heterocycles. The molecule has 2 rings (SSSR count). The lowest BCUT2D eigenvalue weighted by Crippen LogP contribution is -2.10. The van der Waals surface area contributed by atoms with E-state index in [2.05, 4.69) is 15.0 Å². The monoisotopic (exact) mass is 244 g/mol. The van der Waals surface area contributed by atoms with Gasteiger partial charge >= 0.3 is 5.97 Å². The highest BCUT2D eigenvalue weighted by Gasteiger charge is 2.13. The number of carboxylic acids is 1. The Balaban J connectivity index is 2.46. The highest BCUT2D eigenvalue weighted by Crippen LogP contribution is 2.21. The third kappa shape index (κ3) is 2.33. The maximum Gasteiger partial charge on any atom is 0.337 e. The van der Waals surface area contributed by atoms with E-state index in [1.54, 1.807) is 25.4 Å². The second kappa shape index (κ2) is 4.89. The molecule has 3 N–H and O–H groups in total. The lowest BCUT2D eigenvalue weighted by Gasteiger charge is -2.09. The number of carbonyl (C=O) groups is 1. The Morgan fingerprint density at radius 1 is 1.28 bits per heavy atom. The minimum atomic E-state index is -1.01. The summed E-state index contributed by atoms with van der Waals surface area (Å²) in [5, 5.41) is 8.80. The van der Waals surface area contributed by atoms with E-state index in [9.17, 15) is 4.79 Å². The molecule has 0 aromatic carbocycles. The Morgan fingerprint density at radius 3 is 2.56 bits per heavy atom. The molecule has 0 saturated heterocycles. The van der Waals surface area contributed by atoms with Gasteiger partial charge in [0.05, 0.1) is 17.0 Å². The summed E-state index contributed by atoms with van der Waals surface area (Å²) in [5.74, 6) is -1.01. The number of rotatable bonds is 3. The van der Waals surface area contributed by atoms with Gasteiger partial charge in [0.25, 0.3) is 0 Å². The zero-order valence-corrected chi connectivity index (χ0v) is 9.74. The van der Waals surface area contributed by atoms with Crippen LogP contribution in [0.25, 0.3) is 11.4 Å². The van der Waals surface area contributed by atoms with E-state index in [0.29, 0.717) is 17.1 Å². The summed E-state index contributed by atoms with van der Waals surface area (Å²) in [5.41, 5.74) is 7.70. The predicted octanol–water partition coefficient (Wildman–Crippen LogP) is 1.26. The quantitative estimate of drug-likeness (QED) is 0.842. The summed E-state index contributed by atoms with van der Waals surface area (Å²) < 4.78 is 0. The van der Waals surface area contributed by atoms with Crippen molar-refractivity contribution >= 4 is 5.97 Å². The van der Waals surface area contributed by atoms with Crippen molar-refractivity contribution in [3.8, 4) is 11.4 Å². The van der Waals surface area contributed by atoms with Gasteiger partial charge in [0.2, 0.25) is 0 Å². The average molecular weight is 244 g/mol. The lowest BCUT2D eigenvalue weighted by atomic mass is 10.1. The van der Waals surface area contributed by atoms with Gasteiger partial charge in [0.1, 0.15) is 5.69 Å². The predicted molar refractivity (Wildman–Crippen MR) is 64.8 cm³/mol. The van der Waals surface area contributed by atoms with E-state index in [4.69, 9.17) is 10.8 Å². The van der Waals surface area contributed by atoms with Gasteiger partial charge in [-0.3, -0.25) is 15.0 Å². The van der Waals surface area contributed by atoms with Crippen LogP contribution in [0.4, 0.5) is 0 Å². The van der Waals surface area contributed by atoms with Crippen molar-refractivity contribution < 1.29 is 9.90 Å². The summed E-state index contributed by atoms with van der Waals surface area (Å²) in [6.07, 6.45) is 4.40. The fourth-order valence-corrected chi connectivity index (χ4v) is 1.54. The smallest absolute Gasteiger partial charge is 0.337 e. The van der Waals surface area contributed by atoms with Crippen molar-refractivity contribution in [2.45, 2.75) is 13.0 Å². The van der Waals surface area contributed by atoms with E-state index in [1.165, 1.54) is 12.3 Å². The van der Waals surface area contributed by atoms with Crippen LogP contribution in [0.1, 0.15) is 29.0 Å². The minimum Gasteiger partial charge on any atom is -0.478 e. The van der Waals surface area contributed by atoms with Crippen molar-refractivity contribution in [2.24, 2.45) is 5.73 Å². The van der Waals surface area contributed by atoms with Crippen LogP contribution < -0.4 is 5.73 Å². The Morgan fingerprint density at radius 2 is 2.00 bits per heavy atom. The molecule has 0 saturated carbocycles. The first-order valence-corrected chi connectivity index (χ1v) is 5.36. The molecular formula is C12H12N4O2. The van der Waals surface area contributed by atoms with Crippen molar-refractivity contribution in [3.05, 3.63) is 42.0 Å². The minimum absolute atomic E-state index is 0.130. The topological polar surface area (TPSA) is 102 Å². The molecule has 0 spiro atoms. The van der Waals surface area contributed by atoms with Crippen LogP contribution in [0, 0.1) is 0 Å². The molecule has 2 aromatic heterocycles. The number of hydrogen-bond donors (Lipinski definition) is 2. The van der Waals surface area contributed by atoms with Crippen LogP contribution in [0.5, 0.6) is 0 Å². The molecule has 0 unspecified atom stereocenters. The molecule has 2 aromatic rings. The van der Waals surface area contributed by atoms with Gasteiger partial charge in [0, 0.05) is 24.6 Å². The van der Waals surface area contributed by atoms with Gasteiger partial charge in [-0.1, -0.05) is 0 Å². The van der Waals surface area contributed by atoms with Gasteiger partial charge in [-0.05, 0) is 19.1 Å². The van der Waals surface area contributed by atoms with Gasteiger partial charge < -0.3 is 10.8 Å². The number of pyridine rings is 1. The van der Waals surface area contributed by atoms with E-state index < -0.39 is 5.97 Å². The summed E-state index contributed by atoms with van der Waals surface area (Å²) in [6.45, 7) is 1.80. The first kappa shape index (κ1) is 12.1. The Labute approximate surface area is 104 Å². The van der Waals surface area contributed by atoms with Crippen LogP contribution in [0.3, 0.4) is 0 Å². The van der Waals surface area contributed by atoms with E-state index >= 15 is 0 Å². The molecule has 2 heterocycles. The lowest BCUT2D eigenvalue weighted by molar-refractivity contribution is 0.0696. The summed E-state index contributed by atoms with van der Waals surface area (Å²) in [4.78, 5) is 23.2. The first-order valence-electron chi connectivity index (χ1n) is 5.36. The van der Waals surface area contributed by atoms with Gasteiger partial charge in [-0.2, -0.15) is 0 Å². The number of aromatic nitrogens is 3. The Hall–Kier alpha value is -2.34. The normalized spacial score (nSPS) is 12.1. The van der Waals surface area contributed by atoms with E-state index in [0.717, 1.165) is 0 Å².